The van der Waals surface area contributed by atoms with Gasteiger partial charge in [-0.1, -0.05) is 32.1 Å². The number of rotatable bonds is 6. The summed E-state index contributed by atoms with van der Waals surface area (Å²) in [6.45, 7) is 1.65. The van der Waals surface area contributed by atoms with Crippen molar-refractivity contribution >= 4 is 6.01 Å². The predicted octanol–water partition coefficient (Wildman–Crippen LogP) is 3.84. The summed E-state index contributed by atoms with van der Waals surface area (Å²) in [7, 11) is 0. The fourth-order valence-electron chi connectivity index (χ4n) is 2.83. The van der Waals surface area contributed by atoms with Gasteiger partial charge in [-0.05, 0) is 32.1 Å². The maximum atomic E-state index is 5.78. The topological polar surface area (TPSA) is 34.0 Å². The van der Waals surface area contributed by atoms with Crippen LogP contribution in [0.25, 0.3) is 0 Å². The van der Waals surface area contributed by atoms with Crippen LogP contribution in [0.1, 0.15) is 64.2 Å². The third-order valence-electron chi connectivity index (χ3n) is 3.96. The van der Waals surface area contributed by atoms with Crippen molar-refractivity contribution in [1.29, 1.82) is 0 Å². The number of ether oxygens (including phenoxy) is 1. The minimum absolute atomic E-state index is 0.497. The molecule has 0 saturated heterocycles. The molecule has 0 atom stereocenters. The van der Waals surface area contributed by atoms with E-state index in [1.54, 1.807) is 0 Å². The Morgan fingerprint density at radius 3 is 2.44 bits per heavy atom. The van der Waals surface area contributed by atoms with Crippen molar-refractivity contribution in [2.75, 3.05) is 13.2 Å². The van der Waals surface area contributed by atoms with Gasteiger partial charge < -0.3 is 4.74 Å². The predicted molar refractivity (Wildman–Crippen MR) is 74.4 cm³/mol. The molecular weight excluding hydrogens is 224 g/mol. The van der Waals surface area contributed by atoms with Crippen molar-refractivity contribution in [2.45, 2.75) is 76.4 Å². The van der Waals surface area contributed by atoms with Gasteiger partial charge in [0.2, 0.25) is 0 Å². The lowest BCUT2D eigenvalue weighted by atomic mass is 9.96. The summed E-state index contributed by atoms with van der Waals surface area (Å²) in [5.74, 6) is 0. The Balaban J connectivity index is 1.49. The van der Waals surface area contributed by atoms with Gasteiger partial charge >= 0.3 is 0 Å². The van der Waals surface area contributed by atoms with Gasteiger partial charge in [-0.2, -0.15) is 0 Å². The Morgan fingerprint density at radius 2 is 1.67 bits per heavy atom. The third-order valence-corrected chi connectivity index (χ3v) is 3.96. The Labute approximate surface area is 111 Å². The molecular formula is C15H26N2O. The zero-order chi connectivity index (χ0) is 12.5. The summed E-state index contributed by atoms with van der Waals surface area (Å²) in [5, 5.41) is 0. The highest BCUT2D eigenvalue weighted by atomic mass is 16.5. The lowest BCUT2D eigenvalue weighted by Crippen LogP contribution is -2.09. The van der Waals surface area contributed by atoms with Gasteiger partial charge in [0.25, 0.3) is 0 Å². The highest BCUT2D eigenvalue weighted by molar-refractivity contribution is 5.41. The fraction of sp³-hybridized carbons (Fsp3) is 0.933. The summed E-state index contributed by atoms with van der Waals surface area (Å²) in [6.07, 6.45) is 13.2. The van der Waals surface area contributed by atoms with Crippen LogP contribution in [0.2, 0.25) is 0 Å². The first-order valence-electron chi connectivity index (χ1n) is 7.68. The molecule has 18 heavy (non-hydrogen) atoms. The van der Waals surface area contributed by atoms with Gasteiger partial charge in [-0.25, -0.2) is 9.98 Å². The first-order chi connectivity index (χ1) is 8.95. The summed E-state index contributed by atoms with van der Waals surface area (Å²) >= 11 is 0. The monoisotopic (exact) mass is 250 g/mol. The molecule has 0 N–H and O–H groups in total. The molecule has 0 aliphatic heterocycles. The van der Waals surface area contributed by atoms with Gasteiger partial charge in [0.1, 0.15) is 0 Å². The number of hydrogen-bond donors (Lipinski definition) is 0. The smallest absolute Gasteiger partial charge is 0.0895 e. The molecule has 3 nitrogen and oxygen atoms in total. The van der Waals surface area contributed by atoms with Crippen LogP contribution in [0, 0.1) is 0 Å². The minimum atomic E-state index is 0.497. The minimum Gasteiger partial charge on any atom is -0.378 e. The van der Waals surface area contributed by atoms with Crippen molar-refractivity contribution in [3.05, 3.63) is 0 Å². The van der Waals surface area contributed by atoms with E-state index < -0.39 is 0 Å². The summed E-state index contributed by atoms with van der Waals surface area (Å²) in [6, 6.07) is 3.38. The molecule has 0 aromatic carbocycles. The molecule has 102 valence electrons. The standard InChI is InChI=1S/C15H26N2O/c1-2-7-14(8-3-1)17-13-16-11-6-12-18-15-9-4-5-10-15/h14-15H,1-12H2. The molecule has 0 aromatic heterocycles. The first-order valence-corrected chi connectivity index (χ1v) is 7.68. The van der Waals surface area contributed by atoms with E-state index in [1.165, 1.54) is 57.8 Å². The molecule has 0 aromatic rings. The molecule has 2 fully saturated rings. The normalized spacial score (nSPS) is 21.8. The Hall–Kier alpha value is -0.660. The first kappa shape index (κ1) is 13.8. The van der Waals surface area contributed by atoms with E-state index in [1.807, 2.05) is 0 Å². The second-order valence-corrected chi connectivity index (χ2v) is 5.53. The van der Waals surface area contributed by atoms with Gasteiger partial charge in [0, 0.05) is 6.61 Å². The summed E-state index contributed by atoms with van der Waals surface area (Å²) in [5.41, 5.74) is 0. The lowest BCUT2D eigenvalue weighted by Gasteiger charge is -2.15. The number of nitrogens with zero attached hydrogens (tertiary/aromatic N) is 2. The van der Waals surface area contributed by atoms with Crippen LogP contribution in [-0.2, 0) is 4.74 Å². The van der Waals surface area contributed by atoms with Gasteiger partial charge in [0.05, 0.1) is 24.7 Å². The Bertz CT molecular complexity index is 272. The van der Waals surface area contributed by atoms with Gasteiger partial charge in [0.15, 0.2) is 0 Å². The summed E-state index contributed by atoms with van der Waals surface area (Å²) < 4.78 is 5.78. The van der Waals surface area contributed by atoms with Crippen molar-refractivity contribution in [3.63, 3.8) is 0 Å². The molecule has 2 saturated carbocycles. The second-order valence-electron chi connectivity index (χ2n) is 5.53. The van der Waals surface area contributed by atoms with Crippen LogP contribution >= 0.6 is 0 Å². The van der Waals surface area contributed by atoms with E-state index in [-0.39, 0.29) is 0 Å². The van der Waals surface area contributed by atoms with Crippen molar-refractivity contribution in [1.82, 2.24) is 0 Å². The molecule has 2 aliphatic carbocycles. The number of aliphatic imine (C=N–C) groups is 2. The SMILES string of the molecule is C(=NCCCOC1CCCC1)=NC1CCCCC1. The van der Waals surface area contributed by atoms with Crippen molar-refractivity contribution < 1.29 is 4.74 Å². The number of hydrogen-bond acceptors (Lipinski definition) is 3. The van der Waals surface area contributed by atoms with Crippen LogP contribution < -0.4 is 0 Å². The van der Waals surface area contributed by atoms with Crippen LogP contribution in [0.4, 0.5) is 0 Å². The van der Waals surface area contributed by atoms with E-state index >= 15 is 0 Å². The van der Waals surface area contributed by atoms with Crippen LogP contribution in [0.3, 0.4) is 0 Å². The maximum absolute atomic E-state index is 5.78. The van der Waals surface area contributed by atoms with E-state index in [0.29, 0.717) is 12.1 Å². The van der Waals surface area contributed by atoms with Crippen LogP contribution in [0.5, 0.6) is 0 Å². The Morgan fingerprint density at radius 1 is 0.944 bits per heavy atom. The highest BCUT2D eigenvalue weighted by Crippen LogP contribution is 2.21. The molecule has 0 heterocycles. The lowest BCUT2D eigenvalue weighted by molar-refractivity contribution is 0.0579. The summed E-state index contributed by atoms with van der Waals surface area (Å²) in [4.78, 5) is 8.63. The van der Waals surface area contributed by atoms with Crippen LogP contribution in [0.15, 0.2) is 9.98 Å². The van der Waals surface area contributed by atoms with Crippen molar-refractivity contribution in [3.8, 4) is 0 Å². The molecule has 0 spiro atoms. The third kappa shape index (κ3) is 5.32. The fourth-order valence-corrected chi connectivity index (χ4v) is 2.83. The molecule has 2 rings (SSSR count). The molecule has 2 aliphatic rings. The molecule has 0 unspecified atom stereocenters. The Kier molecular flexibility index (Phi) is 6.46. The van der Waals surface area contributed by atoms with E-state index in [4.69, 9.17) is 4.74 Å². The largest absolute Gasteiger partial charge is 0.378 e. The van der Waals surface area contributed by atoms with Crippen molar-refractivity contribution in [2.24, 2.45) is 9.98 Å². The van der Waals surface area contributed by atoms with Gasteiger partial charge in [-0.15, -0.1) is 0 Å². The second kappa shape index (κ2) is 8.44. The highest BCUT2D eigenvalue weighted by Gasteiger charge is 2.14. The average Bonchev–Trinajstić information content (AvgIpc) is 2.92. The quantitative estimate of drug-likeness (QED) is 0.521. The van der Waals surface area contributed by atoms with E-state index in [2.05, 4.69) is 16.0 Å². The average molecular weight is 250 g/mol. The molecule has 0 amide bonds. The van der Waals surface area contributed by atoms with E-state index in [0.717, 1.165) is 19.6 Å². The zero-order valence-corrected chi connectivity index (χ0v) is 11.4. The zero-order valence-electron chi connectivity index (χ0n) is 11.4. The van der Waals surface area contributed by atoms with Gasteiger partial charge in [-0.3, -0.25) is 0 Å². The molecule has 0 bridgehead atoms. The van der Waals surface area contributed by atoms with Crippen LogP contribution in [-0.4, -0.2) is 31.3 Å². The molecule has 0 radical (unpaired) electrons. The maximum Gasteiger partial charge on any atom is 0.0895 e. The van der Waals surface area contributed by atoms with E-state index in [9.17, 15) is 0 Å². The molecule has 3 heteroatoms.